The molecule has 3 unspecified atom stereocenters. The van der Waals surface area contributed by atoms with Crippen LogP contribution in [0.15, 0.2) is 18.2 Å². The van der Waals surface area contributed by atoms with Crippen molar-refractivity contribution in [2.45, 2.75) is 75.6 Å². The normalized spacial score (nSPS) is 20.5. The number of urea groups is 1. The molecule has 2 N–H and O–H groups in total. The van der Waals surface area contributed by atoms with E-state index in [4.69, 9.17) is 16.3 Å². The predicted octanol–water partition coefficient (Wildman–Crippen LogP) is 4.17. The van der Waals surface area contributed by atoms with Gasteiger partial charge in [0.2, 0.25) is 5.78 Å². The predicted molar refractivity (Wildman–Crippen MR) is 139 cm³/mol. The summed E-state index contributed by atoms with van der Waals surface area (Å²) in [6.45, 7) is 2.03. The number of nitrogens with one attached hydrogen (secondary N) is 2. The Morgan fingerprint density at radius 3 is 2.50 bits per heavy atom. The summed E-state index contributed by atoms with van der Waals surface area (Å²) in [7, 11) is 0. The number of fused-ring (bicyclic) bond motifs is 1. The monoisotopic (exact) mass is 536 g/mol. The fourth-order valence-corrected chi connectivity index (χ4v) is 6.23. The Bertz CT molecular complexity index is 1000. The molecule has 2 aliphatic rings. The van der Waals surface area contributed by atoms with E-state index in [1.165, 1.54) is 25.1 Å². The number of rotatable bonds is 16. The van der Waals surface area contributed by atoms with Gasteiger partial charge in [0, 0.05) is 61.5 Å². The number of carbonyl (C=O) groups is 5. The van der Waals surface area contributed by atoms with Crippen LogP contribution in [0.4, 0.5) is 4.79 Å². The molecule has 10 heteroatoms. The molecule has 1 aromatic rings. The first kappa shape index (κ1) is 28.3. The zero-order chi connectivity index (χ0) is 26.1. The molecule has 36 heavy (non-hydrogen) atoms. The van der Waals surface area contributed by atoms with Gasteiger partial charge >= 0.3 is 6.03 Å². The number of halogens is 1. The molecule has 0 aliphatic carbocycles. The molecule has 1 aromatic carbocycles. The van der Waals surface area contributed by atoms with Crippen molar-refractivity contribution in [3.05, 3.63) is 34.3 Å². The second kappa shape index (κ2) is 13.9. The van der Waals surface area contributed by atoms with E-state index >= 15 is 0 Å². The summed E-state index contributed by atoms with van der Waals surface area (Å²) in [6, 6.07) is 4.63. The number of ketones is 4. The molecule has 0 aromatic heterocycles. The van der Waals surface area contributed by atoms with E-state index in [9.17, 15) is 24.0 Å². The van der Waals surface area contributed by atoms with Crippen LogP contribution in [0.5, 0.6) is 0 Å². The van der Waals surface area contributed by atoms with Crippen molar-refractivity contribution in [2.24, 2.45) is 0 Å². The fourth-order valence-electron chi connectivity index (χ4n) is 4.46. The first-order valence-corrected chi connectivity index (χ1v) is 13.8. The Labute approximate surface area is 220 Å². The van der Waals surface area contributed by atoms with Crippen LogP contribution < -0.4 is 10.6 Å². The number of ether oxygens (including phenoxy) is 1. The third-order valence-corrected chi connectivity index (χ3v) is 8.26. The highest BCUT2D eigenvalue weighted by atomic mass is 35.5. The second-order valence-corrected chi connectivity index (χ2v) is 10.9. The maximum absolute atomic E-state index is 12.5. The molecule has 196 valence electrons. The van der Waals surface area contributed by atoms with Gasteiger partial charge in [0.25, 0.3) is 0 Å². The van der Waals surface area contributed by atoms with Crippen LogP contribution >= 0.6 is 23.4 Å². The molecule has 3 rings (SSSR count). The molecule has 2 fully saturated rings. The van der Waals surface area contributed by atoms with Gasteiger partial charge in [-0.1, -0.05) is 18.0 Å². The molecular weight excluding hydrogens is 504 g/mol. The van der Waals surface area contributed by atoms with Crippen LogP contribution in [-0.4, -0.2) is 65.5 Å². The number of Topliss-reactive ketones (excluding diaryl/α,β-unsaturated/α-hetero) is 4. The van der Waals surface area contributed by atoms with Crippen molar-refractivity contribution in [3.63, 3.8) is 0 Å². The van der Waals surface area contributed by atoms with Gasteiger partial charge in [-0.2, -0.15) is 11.8 Å². The van der Waals surface area contributed by atoms with E-state index in [1.54, 1.807) is 0 Å². The third kappa shape index (κ3) is 8.15. The van der Waals surface area contributed by atoms with Crippen LogP contribution in [-0.2, 0) is 14.3 Å². The maximum atomic E-state index is 12.5. The highest BCUT2D eigenvalue weighted by molar-refractivity contribution is 8.00. The molecule has 2 saturated heterocycles. The van der Waals surface area contributed by atoms with E-state index in [-0.39, 0.29) is 52.3 Å². The van der Waals surface area contributed by atoms with Crippen LogP contribution in [0.2, 0.25) is 5.02 Å². The van der Waals surface area contributed by atoms with Gasteiger partial charge in [-0.15, -0.1) is 0 Å². The maximum Gasteiger partial charge on any atom is 0.315 e. The quantitative estimate of drug-likeness (QED) is 0.141. The van der Waals surface area contributed by atoms with Crippen molar-refractivity contribution < 1.29 is 28.7 Å². The Morgan fingerprint density at radius 1 is 1.03 bits per heavy atom. The first-order chi connectivity index (χ1) is 17.3. The van der Waals surface area contributed by atoms with E-state index in [0.717, 1.165) is 25.0 Å². The van der Waals surface area contributed by atoms with Crippen molar-refractivity contribution in [2.75, 3.05) is 19.0 Å². The van der Waals surface area contributed by atoms with E-state index < -0.39 is 11.6 Å². The highest BCUT2D eigenvalue weighted by Gasteiger charge is 2.42. The summed E-state index contributed by atoms with van der Waals surface area (Å²) >= 11 is 7.98. The molecular formula is C26H33ClN2O6S. The van der Waals surface area contributed by atoms with Gasteiger partial charge in [0.15, 0.2) is 11.6 Å². The molecule has 2 aliphatic heterocycles. The van der Waals surface area contributed by atoms with Crippen LogP contribution in [0, 0.1) is 0 Å². The fraction of sp³-hybridized carbons (Fsp3) is 0.577. The lowest BCUT2D eigenvalue weighted by atomic mass is 10.0. The number of hydrogen-bond acceptors (Lipinski definition) is 7. The molecule has 0 radical (unpaired) electrons. The zero-order valence-corrected chi connectivity index (χ0v) is 22.1. The standard InChI is InChI=1S/C26H33ClN2O6S/c1-16(30)25(33)17-10-11-20(27)19(14-17)22(32)8-5-13-35-12-4-7-18(31)6-2-3-9-23-24-21(15-36-23)28-26(34)29-24/h10-11,14,21,23-24H,2-9,12-13,15H2,1H3,(H2,28,29,34). The molecule has 3 atom stereocenters. The Kier molecular flexibility index (Phi) is 10.9. The van der Waals surface area contributed by atoms with E-state index in [2.05, 4.69) is 10.6 Å². The Morgan fingerprint density at radius 2 is 1.75 bits per heavy atom. The number of unbranched alkanes of at least 4 members (excludes halogenated alkanes) is 1. The molecule has 0 spiro atoms. The summed E-state index contributed by atoms with van der Waals surface area (Å²) in [5.41, 5.74) is 0.382. The number of amides is 2. The molecule has 0 saturated carbocycles. The summed E-state index contributed by atoms with van der Waals surface area (Å²) in [5.74, 6) is -0.279. The Hall–Kier alpha value is -2.23. The van der Waals surface area contributed by atoms with Gasteiger partial charge in [0.1, 0.15) is 5.78 Å². The van der Waals surface area contributed by atoms with Crippen LogP contribution in [0.25, 0.3) is 0 Å². The Balaban J connectivity index is 1.22. The second-order valence-electron chi connectivity index (χ2n) is 9.23. The van der Waals surface area contributed by atoms with Gasteiger partial charge < -0.3 is 15.4 Å². The largest absolute Gasteiger partial charge is 0.381 e. The topological polar surface area (TPSA) is 119 Å². The molecule has 8 nitrogen and oxygen atoms in total. The molecule has 2 amide bonds. The van der Waals surface area contributed by atoms with Crippen molar-refractivity contribution in [1.82, 2.24) is 10.6 Å². The lowest BCUT2D eigenvalue weighted by Gasteiger charge is -2.16. The van der Waals surface area contributed by atoms with E-state index in [0.29, 0.717) is 44.1 Å². The minimum absolute atomic E-state index is 0.0719. The van der Waals surface area contributed by atoms with Gasteiger partial charge in [0.05, 0.1) is 17.1 Å². The smallest absolute Gasteiger partial charge is 0.315 e. The number of benzene rings is 1. The summed E-state index contributed by atoms with van der Waals surface area (Å²) in [6.07, 6.45) is 5.23. The number of hydrogen-bond donors (Lipinski definition) is 2. The van der Waals surface area contributed by atoms with Crippen LogP contribution in [0.1, 0.15) is 79.0 Å². The lowest BCUT2D eigenvalue weighted by Crippen LogP contribution is -2.36. The third-order valence-electron chi connectivity index (χ3n) is 6.42. The number of carbonyl (C=O) groups excluding carboxylic acids is 5. The van der Waals surface area contributed by atoms with E-state index in [1.807, 2.05) is 11.8 Å². The minimum Gasteiger partial charge on any atom is -0.381 e. The summed E-state index contributed by atoms with van der Waals surface area (Å²) < 4.78 is 5.56. The summed E-state index contributed by atoms with van der Waals surface area (Å²) in [5, 5.41) is 6.60. The zero-order valence-electron chi connectivity index (χ0n) is 20.5. The summed E-state index contributed by atoms with van der Waals surface area (Å²) in [4.78, 5) is 59.1. The van der Waals surface area contributed by atoms with Gasteiger partial charge in [-0.05, 0) is 43.9 Å². The average Bonchev–Trinajstić information content (AvgIpc) is 3.40. The molecule has 2 heterocycles. The van der Waals surface area contributed by atoms with Gasteiger partial charge in [-0.25, -0.2) is 4.79 Å². The first-order valence-electron chi connectivity index (χ1n) is 12.4. The van der Waals surface area contributed by atoms with Crippen LogP contribution in [0.3, 0.4) is 0 Å². The average molecular weight is 537 g/mol. The van der Waals surface area contributed by atoms with Crippen molar-refractivity contribution in [1.29, 1.82) is 0 Å². The highest BCUT2D eigenvalue weighted by Crippen LogP contribution is 2.33. The number of thioether (sulfide) groups is 1. The van der Waals surface area contributed by atoms with Crippen molar-refractivity contribution in [3.8, 4) is 0 Å². The van der Waals surface area contributed by atoms with Gasteiger partial charge in [-0.3, -0.25) is 19.2 Å². The molecule has 0 bridgehead atoms. The lowest BCUT2D eigenvalue weighted by molar-refractivity contribution is -0.119. The minimum atomic E-state index is -0.652. The SMILES string of the molecule is CC(=O)C(=O)c1ccc(Cl)c(C(=O)CCCOCCCC(=O)CCCCC2SCC3NC(=O)NC32)c1. The van der Waals surface area contributed by atoms with Crippen molar-refractivity contribution >= 4 is 52.5 Å².